The van der Waals surface area contributed by atoms with Crippen LogP contribution in [0.2, 0.25) is 0 Å². The average Bonchev–Trinajstić information content (AvgIpc) is 2.83. The van der Waals surface area contributed by atoms with Gasteiger partial charge in [0.2, 0.25) is 16.0 Å². The highest BCUT2D eigenvalue weighted by atomic mass is 79.9. The zero-order valence-electron chi connectivity index (χ0n) is 18.3. The van der Waals surface area contributed by atoms with Gasteiger partial charge < -0.3 is 15.7 Å². The fourth-order valence-corrected chi connectivity index (χ4v) is 4.52. The van der Waals surface area contributed by atoms with Gasteiger partial charge in [0, 0.05) is 18.4 Å². The van der Waals surface area contributed by atoms with Crippen LogP contribution in [0.1, 0.15) is 25.3 Å². The summed E-state index contributed by atoms with van der Waals surface area (Å²) in [5, 5.41) is 15.6. The minimum absolute atomic E-state index is 0.0199. The molecule has 0 saturated heterocycles. The summed E-state index contributed by atoms with van der Waals surface area (Å²) >= 11 is 3.40. The zero-order valence-corrected chi connectivity index (χ0v) is 20.7. The van der Waals surface area contributed by atoms with Gasteiger partial charge in [0.25, 0.3) is 0 Å². The van der Waals surface area contributed by atoms with Gasteiger partial charge in [0.1, 0.15) is 5.82 Å². The number of nitrogens with zero attached hydrogens (tertiary/aromatic N) is 2. The van der Waals surface area contributed by atoms with Gasteiger partial charge in [0.05, 0.1) is 22.0 Å². The van der Waals surface area contributed by atoms with E-state index in [4.69, 9.17) is 0 Å². The lowest BCUT2D eigenvalue weighted by Gasteiger charge is -2.16. The third-order valence-electron chi connectivity index (χ3n) is 4.98. The van der Waals surface area contributed by atoms with E-state index in [0.29, 0.717) is 34.9 Å². The Balaban J connectivity index is 1.64. The minimum atomic E-state index is -3.65. The second-order valence-corrected chi connectivity index (χ2v) is 10.1. The van der Waals surface area contributed by atoms with E-state index in [-0.39, 0.29) is 17.5 Å². The first-order valence-electron chi connectivity index (χ1n) is 10.7. The molecular formula is C23H28BrN5O3S. The lowest BCUT2D eigenvalue weighted by atomic mass is 10.1. The standard InChI is InChI=1S/C23H28BrN5O3S/c1-2-18(16-30)27-22-21(24)15-25-23(29-22)28-19-11-6-12-20(14-19)33(31,32)26-13-7-10-17-8-4-3-5-9-17/h3-6,8-9,11-12,14-15,18,26,30H,2,7,10,13,16H2,1H3,(H2,25,27,28,29)/t18-/m1/s1. The van der Waals surface area contributed by atoms with Crippen LogP contribution in [0.5, 0.6) is 0 Å². The molecule has 33 heavy (non-hydrogen) atoms. The van der Waals surface area contributed by atoms with E-state index < -0.39 is 10.0 Å². The summed E-state index contributed by atoms with van der Waals surface area (Å²) < 4.78 is 28.8. The van der Waals surface area contributed by atoms with Crippen molar-refractivity contribution in [1.82, 2.24) is 14.7 Å². The normalized spacial score (nSPS) is 12.3. The van der Waals surface area contributed by atoms with Gasteiger partial charge in [0.15, 0.2) is 0 Å². The predicted molar refractivity (Wildman–Crippen MR) is 134 cm³/mol. The van der Waals surface area contributed by atoms with Gasteiger partial charge in [-0.1, -0.05) is 43.3 Å². The van der Waals surface area contributed by atoms with E-state index in [0.717, 1.165) is 12.8 Å². The number of aromatic nitrogens is 2. The number of hydrogen-bond donors (Lipinski definition) is 4. The molecule has 2 aromatic carbocycles. The number of nitrogens with one attached hydrogen (secondary N) is 3. The summed E-state index contributed by atoms with van der Waals surface area (Å²) in [5.74, 6) is 0.844. The quantitative estimate of drug-likeness (QED) is 0.259. The molecule has 0 amide bonds. The fourth-order valence-electron chi connectivity index (χ4n) is 3.10. The van der Waals surface area contributed by atoms with Crippen LogP contribution in [0.3, 0.4) is 0 Å². The lowest BCUT2D eigenvalue weighted by Crippen LogP contribution is -2.25. The minimum Gasteiger partial charge on any atom is -0.394 e. The molecule has 0 fully saturated rings. The number of rotatable bonds is 12. The third kappa shape index (κ3) is 7.50. The van der Waals surface area contributed by atoms with Crippen molar-refractivity contribution in [3.05, 3.63) is 70.8 Å². The Morgan fingerprint density at radius 2 is 1.91 bits per heavy atom. The van der Waals surface area contributed by atoms with Crippen molar-refractivity contribution in [1.29, 1.82) is 0 Å². The molecule has 3 rings (SSSR count). The Labute approximate surface area is 203 Å². The number of anilines is 3. The van der Waals surface area contributed by atoms with E-state index in [1.165, 1.54) is 5.56 Å². The van der Waals surface area contributed by atoms with Crippen LogP contribution < -0.4 is 15.4 Å². The van der Waals surface area contributed by atoms with E-state index in [1.54, 1.807) is 30.5 Å². The summed E-state index contributed by atoms with van der Waals surface area (Å²) in [4.78, 5) is 8.83. The summed E-state index contributed by atoms with van der Waals surface area (Å²) in [5.41, 5.74) is 1.72. The molecule has 8 nitrogen and oxygen atoms in total. The highest BCUT2D eigenvalue weighted by Gasteiger charge is 2.15. The highest BCUT2D eigenvalue weighted by Crippen LogP contribution is 2.24. The molecule has 0 saturated carbocycles. The molecule has 0 aliphatic heterocycles. The number of hydrogen-bond acceptors (Lipinski definition) is 7. The van der Waals surface area contributed by atoms with E-state index >= 15 is 0 Å². The maximum absolute atomic E-state index is 12.7. The Morgan fingerprint density at radius 1 is 1.12 bits per heavy atom. The predicted octanol–water partition coefficient (Wildman–Crippen LogP) is 4.08. The molecule has 0 unspecified atom stereocenters. The van der Waals surface area contributed by atoms with Crippen molar-refractivity contribution in [2.24, 2.45) is 0 Å². The molecule has 10 heteroatoms. The first-order chi connectivity index (χ1) is 15.9. The molecular weight excluding hydrogens is 506 g/mol. The van der Waals surface area contributed by atoms with Crippen molar-refractivity contribution in [3.63, 3.8) is 0 Å². The molecule has 1 heterocycles. The Hall–Kier alpha value is -2.53. The van der Waals surface area contributed by atoms with Crippen LogP contribution >= 0.6 is 15.9 Å². The van der Waals surface area contributed by atoms with E-state index in [2.05, 4.69) is 41.3 Å². The molecule has 0 aliphatic carbocycles. The van der Waals surface area contributed by atoms with E-state index in [9.17, 15) is 13.5 Å². The second-order valence-electron chi connectivity index (χ2n) is 7.46. The topological polar surface area (TPSA) is 116 Å². The van der Waals surface area contributed by atoms with Crippen LogP contribution in [0.4, 0.5) is 17.5 Å². The number of aryl methyl sites for hydroxylation is 1. The first-order valence-corrected chi connectivity index (χ1v) is 13.0. The van der Waals surface area contributed by atoms with Crippen LogP contribution in [-0.4, -0.2) is 42.7 Å². The average molecular weight is 534 g/mol. The molecule has 1 aromatic heterocycles. The van der Waals surface area contributed by atoms with Gasteiger partial charge >= 0.3 is 0 Å². The first kappa shape index (κ1) is 25.1. The maximum Gasteiger partial charge on any atom is 0.240 e. The molecule has 0 radical (unpaired) electrons. The number of benzene rings is 2. The summed E-state index contributed by atoms with van der Waals surface area (Å²) in [6.07, 6.45) is 3.83. The van der Waals surface area contributed by atoms with Crippen LogP contribution in [0, 0.1) is 0 Å². The molecule has 0 aliphatic rings. The second kappa shape index (κ2) is 12.1. The number of aliphatic hydroxyl groups is 1. The van der Waals surface area contributed by atoms with E-state index in [1.807, 2.05) is 37.3 Å². The SMILES string of the molecule is CC[C@H](CO)Nc1nc(Nc2cccc(S(=O)(=O)NCCCc3ccccc3)c2)ncc1Br. The van der Waals surface area contributed by atoms with Crippen molar-refractivity contribution < 1.29 is 13.5 Å². The number of aliphatic hydroxyl groups excluding tert-OH is 1. The summed E-state index contributed by atoms with van der Waals surface area (Å²) in [6, 6.07) is 16.3. The molecule has 4 N–H and O–H groups in total. The van der Waals surface area contributed by atoms with Crippen molar-refractivity contribution in [2.75, 3.05) is 23.8 Å². The van der Waals surface area contributed by atoms with Gasteiger partial charge in [-0.05, 0) is 59.0 Å². The van der Waals surface area contributed by atoms with Crippen LogP contribution in [0.25, 0.3) is 0 Å². The Morgan fingerprint density at radius 3 is 2.64 bits per heavy atom. The smallest absolute Gasteiger partial charge is 0.240 e. The summed E-state index contributed by atoms with van der Waals surface area (Å²) in [7, 11) is -3.65. The summed E-state index contributed by atoms with van der Waals surface area (Å²) in [6.45, 7) is 2.29. The fraction of sp³-hybridized carbons (Fsp3) is 0.304. The molecule has 3 aromatic rings. The van der Waals surface area contributed by atoms with Gasteiger partial charge in [-0.3, -0.25) is 0 Å². The highest BCUT2D eigenvalue weighted by molar-refractivity contribution is 9.10. The lowest BCUT2D eigenvalue weighted by molar-refractivity contribution is 0.271. The van der Waals surface area contributed by atoms with Gasteiger partial charge in [-0.25, -0.2) is 18.1 Å². The number of halogens is 1. The Bertz CT molecular complexity index is 1140. The monoisotopic (exact) mass is 533 g/mol. The molecule has 176 valence electrons. The van der Waals surface area contributed by atoms with Gasteiger partial charge in [-0.15, -0.1) is 0 Å². The molecule has 1 atom stereocenters. The maximum atomic E-state index is 12.7. The molecule has 0 spiro atoms. The van der Waals surface area contributed by atoms with Crippen molar-refractivity contribution in [2.45, 2.75) is 37.1 Å². The number of sulfonamides is 1. The van der Waals surface area contributed by atoms with Crippen LogP contribution in [0.15, 0.2) is 70.2 Å². The van der Waals surface area contributed by atoms with Crippen molar-refractivity contribution in [3.8, 4) is 0 Å². The Kier molecular flexibility index (Phi) is 9.19. The third-order valence-corrected chi connectivity index (χ3v) is 7.01. The molecule has 0 bridgehead atoms. The van der Waals surface area contributed by atoms with Crippen molar-refractivity contribution >= 4 is 43.4 Å². The van der Waals surface area contributed by atoms with Crippen LogP contribution in [-0.2, 0) is 16.4 Å². The zero-order chi connectivity index (χ0) is 23.7. The van der Waals surface area contributed by atoms with Gasteiger partial charge in [-0.2, -0.15) is 4.98 Å². The largest absolute Gasteiger partial charge is 0.394 e.